The number of H-pyrrole nitrogens is 1. The van der Waals surface area contributed by atoms with Gasteiger partial charge in [-0.1, -0.05) is 42.1 Å². The van der Waals surface area contributed by atoms with Crippen LogP contribution < -0.4 is 11.2 Å². The molecule has 0 fully saturated rings. The lowest BCUT2D eigenvalue weighted by Gasteiger charge is -2.06. The van der Waals surface area contributed by atoms with E-state index in [4.69, 9.17) is 5.11 Å². The zero-order chi connectivity index (χ0) is 17.3. The second-order valence-electron chi connectivity index (χ2n) is 5.15. The Morgan fingerprint density at radius 1 is 1.29 bits per heavy atom. The number of rotatable bonds is 5. The van der Waals surface area contributed by atoms with Crippen molar-refractivity contribution in [2.75, 3.05) is 5.75 Å². The van der Waals surface area contributed by atoms with E-state index in [9.17, 15) is 14.4 Å². The molecule has 2 aromatic heterocycles. The SMILES string of the molecule is Cn1c(=O)[nH]c(=O)c2c(SCC(=O)O)n(Cc3ccccc3)nc21. The number of thioether (sulfide) groups is 1. The van der Waals surface area contributed by atoms with Crippen molar-refractivity contribution in [1.29, 1.82) is 0 Å². The predicted molar refractivity (Wildman–Crippen MR) is 89.5 cm³/mol. The van der Waals surface area contributed by atoms with Crippen LogP contribution in [0.5, 0.6) is 0 Å². The van der Waals surface area contributed by atoms with Crippen molar-refractivity contribution in [2.45, 2.75) is 11.6 Å². The molecule has 0 aliphatic carbocycles. The van der Waals surface area contributed by atoms with Crippen molar-refractivity contribution in [3.63, 3.8) is 0 Å². The van der Waals surface area contributed by atoms with E-state index in [1.54, 1.807) is 4.68 Å². The van der Waals surface area contributed by atoms with E-state index >= 15 is 0 Å². The maximum atomic E-state index is 12.2. The quantitative estimate of drug-likeness (QED) is 0.656. The number of carboxylic acids is 1. The average molecular weight is 346 g/mol. The van der Waals surface area contributed by atoms with Gasteiger partial charge in [-0.3, -0.25) is 23.8 Å². The zero-order valence-corrected chi connectivity index (χ0v) is 13.5. The van der Waals surface area contributed by atoms with Gasteiger partial charge in [0.25, 0.3) is 5.56 Å². The van der Waals surface area contributed by atoms with E-state index < -0.39 is 17.2 Å². The molecule has 9 heteroatoms. The van der Waals surface area contributed by atoms with Crippen LogP contribution in [-0.4, -0.2) is 36.2 Å². The average Bonchev–Trinajstić information content (AvgIpc) is 2.90. The number of benzene rings is 1. The van der Waals surface area contributed by atoms with Crippen LogP contribution >= 0.6 is 11.8 Å². The number of aromatic nitrogens is 4. The van der Waals surface area contributed by atoms with Gasteiger partial charge in [0.1, 0.15) is 10.4 Å². The number of aryl methyl sites for hydroxylation is 1. The Labute approximate surface area is 139 Å². The molecule has 0 bridgehead atoms. The molecule has 0 radical (unpaired) electrons. The number of hydrogen-bond acceptors (Lipinski definition) is 5. The summed E-state index contributed by atoms with van der Waals surface area (Å²) in [4.78, 5) is 37.1. The molecular weight excluding hydrogens is 332 g/mol. The maximum absolute atomic E-state index is 12.2. The molecule has 3 rings (SSSR count). The van der Waals surface area contributed by atoms with Gasteiger partial charge >= 0.3 is 11.7 Å². The van der Waals surface area contributed by atoms with E-state index in [-0.39, 0.29) is 16.8 Å². The number of hydrogen-bond donors (Lipinski definition) is 2. The highest BCUT2D eigenvalue weighted by Crippen LogP contribution is 2.25. The van der Waals surface area contributed by atoms with Crippen LogP contribution in [0.1, 0.15) is 5.56 Å². The van der Waals surface area contributed by atoms with Gasteiger partial charge in [-0.2, -0.15) is 5.10 Å². The minimum atomic E-state index is -0.998. The van der Waals surface area contributed by atoms with E-state index in [1.807, 2.05) is 30.3 Å². The molecule has 124 valence electrons. The van der Waals surface area contributed by atoms with Crippen LogP contribution in [0.25, 0.3) is 11.0 Å². The third-order valence-corrected chi connectivity index (χ3v) is 4.54. The lowest BCUT2D eigenvalue weighted by atomic mass is 10.2. The molecule has 1 aromatic carbocycles. The fourth-order valence-corrected chi connectivity index (χ4v) is 3.19. The van der Waals surface area contributed by atoms with Crippen LogP contribution in [0, 0.1) is 0 Å². The van der Waals surface area contributed by atoms with E-state index in [0.29, 0.717) is 11.6 Å². The molecule has 0 amide bonds. The van der Waals surface area contributed by atoms with Crippen molar-refractivity contribution in [3.05, 3.63) is 56.7 Å². The van der Waals surface area contributed by atoms with Gasteiger partial charge in [0.05, 0.1) is 12.3 Å². The molecular formula is C15H14N4O4S. The van der Waals surface area contributed by atoms with Crippen molar-refractivity contribution in [3.8, 4) is 0 Å². The minimum Gasteiger partial charge on any atom is -0.481 e. The largest absolute Gasteiger partial charge is 0.481 e. The first-order valence-corrected chi connectivity index (χ1v) is 8.04. The summed E-state index contributed by atoms with van der Waals surface area (Å²) < 4.78 is 2.80. The monoisotopic (exact) mass is 346 g/mol. The van der Waals surface area contributed by atoms with Gasteiger partial charge in [0, 0.05) is 7.05 Å². The van der Waals surface area contributed by atoms with Crippen LogP contribution in [-0.2, 0) is 18.4 Å². The van der Waals surface area contributed by atoms with Gasteiger partial charge in [-0.15, -0.1) is 0 Å². The summed E-state index contributed by atoms with van der Waals surface area (Å²) in [5, 5.41) is 13.9. The minimum absolute atomic E-state index is 0.210. The highest BCUT2D eigenvalue weighted by molar-refractivity contribution is 8.00. The lowest BCUT2D eigenvalue weighted by molar-refractivity contribution is -0.133. The number of fused-ring (bicyclic) bond motifs is 1. The Balaban J connectivity index is 2.19. The Hall–Kier alpha value is -2.81. The first kappa shape index (κ1) is 16.1. The summed E-state index contributed by atoms with van der Waals surface area (Å²) in [5.74, 6) is -1.21. The molecule has 0 aliphatic heterocycles. The zero-order valence-electron chi connectivity index (χ0n) is 12.7. The van der Waals surface area contributed by atoms with E-state index in [0.717, 1.165) is 17.3 Å². The van der Waals surface area contributed by atoms with Crippen LogP contribution in [0.4, 0.5) is 0 Å². The Morgan fingerprint density at radius 2 is 2.00 bits per heavy atom. The third-order valence-electron chi connectivity index (χ3n) is 3.46. The van der Waals surface area contributed by atoms with Gasteiger partial charge in [0.15, 0.2) is 5.65 Å². The highest BCUT2D eigenvalue weighted by atomic mass is 32.2. The van der Waals surface area contributed by atoms with Crippen molar-refractivity contribution in [1.82, 2.24) is 19.3 Å². The number of carboxylic acid groups (broad SMARTS) is 1. The summed E-state index contributed by atoms with van der Waals surface area (Å²) in [6, 6.07) is 9.45. The molecule has 0 saturated heterocycles. The molecule has 0 unspecified atom stereocenters. The first-order valence-electron chi connectivity index (χ1n) is 7.05. The Kier molecular flexibility index (Phi) is 4.26. The van der Waals surface area contributed by atoms with Crippen molar-refractivity contribution < 1.29 is 9.90 Å². The molecule has 2 N–H and O–H groups in total. The van der Waals surface area contributed by atoms with Crippen LogP contribution in [0.3, 0.4) is 0 Å². The second kappa shape index (κ2) is 6.36. The summed E-state index contributed by atoms with van der Waals surface area (Å²) in [6.45, 7) is 0.366. The first-order chi connectivity index (χ1) is 11.5. The fourth-order valence-electron chi connectivity index (χ4n) is 2.35. The molecule has 0 aliphatic rings. The topological polar surface area (TPSA) is 110 Å². The fraction of sp³-hybridized carbons (Fsp3) is 0.200. The van der Waals surface area contributed by atoms with Gasteiger partial charge in [-0.05, 0) is 5.56 Å². The number of aliphatic carboxylic acids is 1. The molecule has 8 nitrogen and oxygen atoms in total. The molecule has 0 spiro atoms. The molecule has 0 saturated carbocycles. The number of nitrogens with zero attached hydrogens (tertiary/aromatic N) is 3. The number of carbonyl (C=O) groups is 1. The smallest absolute Gasteiger partial charge is 0.329 e. The van der Waals surface area contributed by atoms with Crippen molar-refractivity contribution in [2.24, 2.45) is 7.05 Å². The second-order valence-corrected chi connectivity index (χ2v) is 6.11. The van der Waals surface area contributed by atoms with Gasteiger partial charge < -0.3 is 5.11 Å². The summed E-state index contributed by atoms with van der Waals surface area (Å²) >= 11 is 1.00. The van der Waals surface area contributed by atoms with Gasteiger partial charge in [-0.25, -0.2) is 4.79 Å². The molecule has 3 aromatic rings. The van der Waals surface area contributed by atoms with E-state index in [2.05, 4.69) is 10.1 Å². The summed E-state index contributed by atoms with van der Waals surface area (Å²) in [7, 11) is 1.51. The number of aromatic amines is 1. The third kappa shape index (κ3) is 2.98. The predicted octanol–water partition coefficient (Wildman–Crippen LogP) is 0.648. The molecule has 24 heavy (non-hydrogen) atoms. The van der Waals surface area contributed by atoms with Crippen LogP contribution in [0.15, 0.2) is 44.9 Å². The highest BCUT2D eigenvalue weighted by Gasteiger charge is 2.19. The van der Waals surface area contributed by atoms with Crippen molar-refractivity contribution >= 4 is 28.8 Å². The molecule has 0 atom stereocenters. The van der Waals surface area contributed by atoms with E-state index in [1.165, 1.54) is 11.6 Å². The maximum Gasteiger partial charge on any atom is 0.329 e. The summed E-state index contributed by atoms with van der Waals surface area (Å²) in [6.07, 6.45) is 0. The van der Waals surface area contributed by atoms with Gasteiger partial charge in [0.2, 0.25) is 0 Å². The summed E-state index contributed by atoms with van der Waals surface area (Å²) in [5.41, 5.74) is 0.0448. The number of nitrogens with one attached hydrogen (secondary N) is 1. The van der Waals surface area contributed by atoms with Crippen LogP contribution in [0.2, 0.25) is 0 Å². The Morgan fingerprint density at radius 3 is 2.67 bits per heavy atom. The normalized spacial score (nSPS) is 11.0. The standard InChI is InChI=1S/C15H14N4O4S/c1-18-12-11(13(22)16-15(18)23)14(24-8-10(20)21)19(17-12)7-9-5-3-2-4-6-9/h2-6H,7-8H2,1H3,(H,20,21)(H,16,22,23). The Bertz CT molecular complexity index is 1020. The molecule has 2 heterocycles. The lowest BCUT2D eigenvalue weighted by Crippen LogP contribution is -2.28.